The molecule has 0 aliphatic carbocycles. The van der Waals surface area contributed by atoms with Crippen molar-refractivity contribution >= 4 is 29.2 Å². The molecule has 1 N–H and O–H groups in total. The fourth-order valence-corrected chi connectivity index (χ4v) is 2.15. The summed E-state index contributed by atoms with van der Waals surface area (Å²) in [6.07, 6.45) is -1.13. The lowest BCUT2D eigenvalue weighted by Gasteiger charge is -2.14. The van der Waals surface area contributed by atoms with Crippen LogP contribution in [-0.4, -0.2) is 24.6 Å². The van der Waals surface area contributed by atoms with E-state index in [0.717, 1.165) is 12.1 Å². The van der Waals surface area contributed by atoms with Crippen LogP contribution in [0.5, 0.6) is 5.75 Å². The second-order valence-corrected chi connectivity index (χ2v) is 5.55. The number of nitrogens with zero attached hydrogens (tertiary/aromatic N) is 1. The van der Waals surface area contributed by atoms with E-state index in [2.05, 4.69) is 5.32 Å². The third kappa shape index (κ3) is 5.19. The Balaban J connectivity index is 1.88. The second-order valence-electron chi connectivity index (χ2n) is 5.14. The van der Waals surface area contributed by atoms with Crippen LogP contribution in [0.25, 0.3) is 0 Å². The number of nitrogens with one attached hydrogen (secondary N) is 1. The van der Waals surface area contributed by atoms with E-state index in [0.29, 0.717) is 0 Å². The van der Waals surface area contributed by atoms with Crippen LogP contribution in [-0.2, 0) is 14.3 Å². The van der Waals surface area contributed by atoms with Crippen LogP contribution in [0.3, 0.4) is 0 Å². The maximum Gasteiger partial charge on any atom is 0.344 e. The van der Waals surface area contributed by atoms with Crippen LogP contribution in [0.1, 0.15) is 12.5 Å². The van der Waals surface area contributed by atoms with Gasteiger partial charge < -0.3 is 14.8 Å². The van der Waals surface area contributed by atoms with Crippen LogP contribution >= 0.6 is 11.6 Å². The summed E-state index contributed by atoms with van der Waals surface area (Å²) >= 11 is 5.82. The fourth-order valence-electron chi connectivity index (χ4n) is 1.93. The highest BCUT2D eigenvalue weighted by Crippen LogP contribution is 2.22. The van der Waals surface area contributed by atoms with E-state index in [1.54, 1.807) is 24.3 Å². The molecule has 0 fully saturated rings. The van der Waals surface area contributed by atoms with Gasteiger partial charge in [-0.2, -0.15) is 5.26 Å². The first-order chi connectivity index (χ1) is 12.4. The molecule has 2 aromatic rings. The molecule has 134 valence electrons. The quantitative estimate of drug-likeness (QED) is 0.781. The molecule has 26 heavy (non-hydrogen) atoms. The first kappa shape index (κ1) is 19.2. The lowest BCUT2D eigenvalue weighted by Crippen LogP contribution is -2.31. The molecule has 8 heteroatoms. The Hall–Kier alpha value is -3.11. The van der Waals surface area contributed by atoms with Crippen LogP contribution in [0, 0.1) is 17.1 Å². The van der Waals surface area contributed by atoms with E-state index < -0.39 is 30.4 Å². The molecule has 0 saturated carbocycles. The van der Waals surface area contributed by atoms with Gasteiger partial charge in [-0.05, 0) is 37.3 Å². The van der Waals surface area contributed by atoms with Crippen molar-refractivity contribution in [3.63, 3.8) is 0 Å². The van der Waals surface area contributed by atoms with Crippen molar-refractivity contribution in [2.45, 2.75) is 13.0 Å². The molecule has 0 aliphatic heterocycles. The van der Waals surface area contributed by atoms with Crippen molar-refractivity contribution in [1.82, 2.24) is 0 Å². The average molecular weight is 377 g/mol. The third-order valence-corrected chi connectivity index (χ3v) is 3.53. The molecule has 0 spiro atoms. The molecule has 0 saturated heterocycles. The molecule has 0 aromatic heterocycles. The summed E-state index contributed by atoms with van der Waals surface area (Å²) in [5.74, 6) is -1.72. The lowest BCUT2D eigenvalue weighted by atomic mass is 10.2. The summed E-state index contributed by atoms with van der Waals surface area (Å²) < 4.78 is 23.2. The van der Waals surface area contributed by atoms with Crippen molar-refractivity contribution in [3.05, 3.63) is 58.9 Å². The van der Waals surface area contributed by atoms with Crippen molar-refractivity contribution in [3.8, 4) is 11.8 Å². The Kier molecular flexibility index (Phi) is 6.53. The number of carbonyl (C=O) groups is 2. The van der Waals surface area contributed by atoms with E-state index >= 15 is 0 Å². The normalized spacial score (nSPS) is 11.2. The van der Waals surface area contributed by atoms with Crippen LogP contribution in [0.4, 0.5) is 10.1 Å². The molecule has 1 amide bonds. The predicted molar refractivity (Wildman–Crippen MR) is 92.2 cm³/mol. The Bertz CT molecular complexity index is 867. The summed E-state index contributed by atoms with van der Waals surface area (Å²) in [5, 5.41) is 11.4. The number of benzene rings is 2. The summed E-state index contributed by atoms with van der Waals surface area (Å²) in [6, 6.07) is 11.8. The van der Waals surface area contributed by atoms with Crippen LogP contribution in [0.15, 0.2) is 42.5 Å². The summed E-state index contributed by atoms with van der Waals surface area (Å²) in [7, 11) is 0. The largest absolute Gasteiger partial charge is 0.481 e. The average Bonchev–Trinajstić information content (AvgIpc) is 2.62. The number of ether oxygens (including phenoxy) is 2. The van der Waals surface area contributed by atoms with Gasteiger partial charge in [0.15, 0.2) is 12.7 Å². The Morgan fingerprint density at radius 2 is 2.04 bits per heavy atom. The van der Waals surface area contributed by atoms with Gasteiger partial charge in [0.1, 0.15) is 17.6 Å². The van der Waals surface area contributed by atoms with Crippen molar-refractivity contribution in [2.75, 3.05) is 11.9 Å². The first-order valence-corrected chi connectivity index (χ1v) is 7.86. The molecule has 2 aromatic carbocycles. The number of rotatable bonds is 6. The number of esters is 1. The molecular weight excluding hydrogens is 363 g/mol. The van der Waals surface area contributed by atoms with Gasteiger partial charge in [-0.1, -0.05) is 23.7 Å². The van der Waals surface area contributed by atoms with Gasteiger partial charge in [0.25, 0.3) is 5.91 Å². The maximum atomic E-state index is 13.0. The lowest BCUT2D eigenvalue weighted by molar-refractivity contribution is -0.155. The van der Waals surface area contributed by atoms with Crippen LogP contribution < -0.4 is 10.1 Å². The standard InChI is InChI=1S/C18H14ClFN2O4/c1-11(18(24)22-15-7-6-13(20)8-14(15)19)26-17(23)10-25-16-5-3-2-4-12(16)9-21/h2-8,11H,10H2,1H3,(H,22,24)/t11-/m1/s1. The van der Waals surface area contributed by atoms with Crippen molar-refractivity contribution < 1.29 is 23.5 Å². The monoisotopic (exact) mass is 376 g/mol. The van der Waals surface area contributed by atoms with E-state index in [-0.39, 0.29) is 22.0 Å². The predicted octanol–water partition coefficient (Wildman–Crippen LogP) is 3.30. The highest BCUT2D eigenvalue weighted by molar-refractivity contribution is 6.33. The summed E-state index contributed by atoms with van der Waals surface area (Å²) in [4.78, 5) is 23.8. The summed E-state index contributed by atoms with van der Waals surface area (Å²) in [5.41, 5.74) is 0.470. The first-order valence-electron chi connectivity index (χ1n) is 7.48. The zero-order valence-corrected chi connectivity index (χ0v) is 14.4. The van der Waals surface area contributed by atoms with Crippen molar-refractivity contribution in [2.24, 2.45) is 0 Å². The zero-order chi connectivity index (χ0) is 19.1. The molecule has 0 bridgehead atoms. The minimum absolute atomic E-state index is 0.0216. The number of anilines is 1. The zero-order valence-electron chi connectivity index (χ0n) is 13.7. The van der Waals surface area contributed by atoms with Crippen molar-refractivity contribution in [1.29, 1.82) is 5.26 Å². The number of carbonyl (C=O) groups excluding carboxylic acids is 2. The van der Waals surface area contributed by atoms with E-state index in [1.807, 2.05) is 6.07 Å². The number of amides is 1. The fraction of sp³-hybridized carbons (Fsp3) is 0.167. The van der Waals surface area contributed by atoms with E-state index in [1.165, 1.54) is 13.0 Å². The van der Waals surface area contributed by atoms with Gasteiger partial charge in [-0.15, -0.1) is 0 Å². The SMILES string of the molecule is C[C@@H](OC(=O)COc1ccccc1C#N)C(=O)Nc1ccc(F)cc1Cl. The van der Waals surface area contributed by atoms with Crippen LogP contribution in [0.2, 0.25) is 5.02 Å². The van der Waals surface area contributed by atoms with Gasteiger partial charge in [0, 0.05) is 0 Å². The molecule has 0 heterocycles. The number of halogens is 2. The maximum absolute atomic E-state index is 13.0. The van der Waals surface area contributed by atoms with Gasteiger partial charge >= 0.3 is 5.97 Å². The van der Waals surface area contributed by atoms with Gasteiger partial charge in [-0.3, -0.25) is 4.79 Å². The third-order valence-electron chi connectivity index (χ3n) is 3.22. The number of nitriles is 1. The smallest absolute Gasteiger partial charge is 0.344 e. The Morgan fingerprint density at radius 3 is 2.73 bits per heavy atom. The van der Waals surface area contributed by atoms with Gasteiger partial charge in [-0.25, -0.2) is 9.18 Å². The number of para-hydroxylation sites is 1. The highest BCUT2D eigenvalue weighted by Gasteiger charge is 2.19. The molecule has 0 radical (unpaired) electrons. The Labute approximate surface area is 154 Å². The molecular formula is C18H14ClFN2O4. The molecule has 6 nitrogen and oxygen atoms in total. The summed E-state index contributed by atoms with van der Waals surface area (Å²) in [6.45, 7) is 0.904. The van der Waals surface area contributed by atoms with Gasteiger partial charge in [0.2, 0.25) is 0 Å². The van der Waals surface area contributed by atoms with E-state index in [9.17, 15) is 14.0 Å². The number of hydrogen-bond acceptors (Lipinski definition) is 5. The highest BCUT2D eigenvalue weighted by atomic mass is 35.5. The minimum atomic E-state index is -1.13. The molecule has 1 atom stereocenters. The minimum Gasteiger partial charge on any atom is -0.481 e. The molecule has 0 unspecified atom stereocenters. The topological polar surface area (TPSA) is 88.4 Å². The second kappa shape index (κ2) is 8.83. The van der Waals surface area contributed by atoms with Gasteiger partial charge in [0.05, 0.1) is 16.3 Å². The van der Waals surface area contributed by atoms with E-state index in [4.69, 9.17) is 26.3 Å². The number of hydrogen-bond donors (Lipinski definition) is 1. The molecule has 2 rings (SSSR count). The molecule has 0 aliphatic rings. The Morgan fingerprint density at radius 1 is 1.31 bits per heavy atom.